The average molecular weight is 396 g/mol. The lowest BCUT2D eigenvalue weighted by Crippen LogP contribution is -2.26. The summed E-state index contributed by atoms with van der Waals surface area (Å²) in [4.78, 5) is 30.4. The molecule has 1 N–H and O–H groups in total. The number of halogens is 1. The molecule has 1 aromatic heterocycles. The number of aryl methyl sites for hydroxylation is 2. The molecule has 0 bridgehead atoms. The number of carbonyl (C=O) groups excluding carboxylic acids is 1. The molecule has 0 saturated heterocycles. The van der Waals surface area contributed by atoms with Crippen LogP contribution in [0.1, 0.15) is 47.4 Å². The second-order valence-electron chi connectivity index (χ2n) is 7.29. The van der Waals surface area contributed by atoms with E-state index in [-0.39, 0.29) is 11.5 Å². The maximum atomic E-state index is 12.9. The van der Waals surface area contributed by atoms with Gasteiger partial charge in [-0.3, -0.25) is 14.2 Å². The molecule has 5 nitrogen and oxygen atoms in total. The summed E-state index contributed by atoms with van der Waals surface area (Å²) in [6, 6.07) is 10.5. The largest absolute Gasteiger partial charge is 0.322 e. The molecule has 1 aliphatic rings. The smallest absolute Gasteiger partial charge is 0.261 e. The molecular formula is C22H22ClN3O2. The van der Waals surface area contributed by atoms with Crippen molar-refractivity contribution in [1.82, 2.24) is 9.55 Å². The van der Waals surface area contributed by atoms with Gasteiger partial charge in [0.05, 0.1) is 10.9 Å². The molecular weight excluding hydrogens is 374 g/mol. The Morgan fingerprint density at radius 3 is 2.79 bits per heavy atom. The van der Waals surface area contributed by atoms with Crippen LogP contribution in [0.15, 0.2) is 41.2 Å². The summed E-state index contributed by atoms with van der Waals surface area (Å²) < 4.78 is 1.80. The fourth-order valence-corrected chi connectivity index (χ4v) is 3.83. The normalized spacial score (nSPS) is 14.2. The van der Waals surface area contributed by atoms with Crippen LogP contribution in [-0.2, 0) is 13.0 Å². The Morgan fingerprint density at radius 1 is 1.11 bits per heavy atom. The van der Waals surface area contributed by atoms with E-state index in [2.05, 4.69) is 5.32 Å². The zero-order chi connectivity index (χ0) is 19.7. The first-order valence-electron chi connectivity index (χ1n) is 9.64. The van der Waals surface area contributed by atoms with Gasteiger partial charge in [-0.25, -0.2) is 4.98 Å². The van der Waals surface area contributed by atoms with E-state index < -0.39 is 0 Å². The van der Waals surface area contributed by atoms with E-state index in [1.807, 2.05) is 13.0 Å². The van der Waals surface area contributed by atoms with E-state index in [1.165, 1.54) is 0 Å². The van der Waals surface area contributed by atoms with Crippen LogP contribution < -0.4 is 10.9 Å². The Balaban J connectivity index is 1.71. The van der Waals surface area contributed by atoms with Gasteiger partial charge in [-0.1, -0.05) is 30.5 Å². The lowest BCUT2D eigenvalue weighted by atomic mass is 10.1. The maximum Gasteiger partial charge on any atom is 0.261 e. The van der Waals surface area contributed by atoms with Crippen LogP contribution in [0.3, 0.4) is 0 Å². The van der Waals surface area contributed by atoms with Gasteiger partial charge in [0.1, 0.15) is 5.82 Å². The van der Waals surface area contributed by atoms with Gasteiger partial charge < -0.3 is 5.32 Å². The van der Waals surface area contributed by atoms with Crippen molar-refractivity contribution in [2.75, 3.05) is 5.32 Å². The van der Waals surface area contributed by atoms with Crippen molar-refractivity contribution >= 4 is 34.1 Å². The summed E-state index contributed by atoms with van der Waals surface area (Å²) in [6.07, 6.45) is 5.14. The summed E-state index contributed by atoms with van der Waals surface area (Å²) in [7, 11) is 0. The number of carbonyl (C=O) groups is 1. The Morgan fingerprint density at radius 2 is 1.93 bits per heavy atom. The maximum absolute atomic E-state index is 12.9. The van der Waals surface area contributed by atoms with Gasteiger partial charge in [0, 0.05) is 29.2 Å². The third-order valence-electron chi connectivity index (χ3n) is 5.28. The van der Waals surface area contributed by atoms with E-state index in [0.717, 1.165) is 43.5 Å². The van der Waals surface area contributed by atoms with Crippen molar-refractivity contribution in [1.29, 1.82) is 0 Å². The van der Waals surface area contributed by atoms with Gasteiger partial charge in [-0.2, -0.15) is 0 Å². The minimum atomic E-state index is -0.249. The number of fused-ring (bicyclic) bond motifs is 2. The van der Waals surface area contributed by atoms with Crippen molar-refractivity contribution in [3.63, 3.8) is 0 Å². The molecule has 6 heteroatoms. The highest BCUT2D eigenvalue weighted by atomic mass is 35.5. The van der Waals surface area contributed by atoms with Crippen molar-refractivity contribution in [2.45, 2.75) is 45.6 Å². The van der Waals surface area contributed by atoms with Gasteiger partial charge in [-0.15, -0.1) is 0 Å². The van der Waals surface area contributed by atoms with Crippen LogP contribution in [0, 0.1) is 6.92 Å². The number of nitrogens with zero attached hydrogens (tertiary/aromatic N) is 2. The minimum absolute atomic E-state index is 0.0143. The molecule has 0 atom stereocenters. The van der Waals surface area contributed by atoms with Crippen LogP contribution in [0.2, 0.25) is 5.02 Å². The number of anilines is 1. The summed E-state index contributed by atoms with van der Waals surface area (Å²) >= 11 is 6.04. The molecule has 144 valence electrons. The lowest BCUT2D eigenvalue weighted by Gasteiger charge is -2.16. The highest BCUT2D eigenvalue weighted by Gasteiger charge is 2.15. The van der Waals surface area contributed by atoms with E-state index in [1.54, 1.807) is 34.9 Å². The van der Waals surface area contributed by atoms with Crippen LogP contribution in [0.4, 0.5) is 5.69 Å². The molecule has 0 unspecified atom stereocenters. The third-order valence-corrected chi connectivity index (χ3v) is 5.51. The molecule has 3 aromatic rings. The first-order valence-corrected chi connectivity index (χ1v) is 10.0. The Bertz CT molecular complexity index is 1120. The Labute approximate surface area is 168 Å². The van der Waals surface area contributed by atoms with Gasteiger partial charge in [0.25, 0.3) is 11.5 Å². The molecule has 0 radical (unpaired) electrons. The first-order chi connectivity index (χ1) is 13.5. The first kappa shape index (κ1) is 18.7. The van der Waals surface area contributed by atoms with Gasteiger partial charge in [-0.05, 0) is 55.7 Å². The number of aromatic nitrogens is 2. The van der Waals surface area contributed by atoms with Gasteiger partial charge in [0.15, 0.2) is 0 Å². The van der Waals surface area contributed by atoms with Crippen LogP contribution in [0.25, 0.3) is 10.9 Å². The zero-order valence-corrected chi connectivity index (χ0v) is 16.6. The number of benzene rings is 2. The molecule has 0 fully saturated rings. The zero-order valence-electron chi connectivity index (χ0n) is 15.8. The van der Waals surface area contributed by atoms with Crippen molar-refractivity contribution in [3.05, 3.63) is 68.7 Å². The van der Waals surface area contributed by atoms with Crippen LogP contribution in [-0.4, -0.2) is 15.5 Å². The topological polar surface area (TPSA) is 64.0 Å². The monoisotopic (exact) mass is 395 g/mol. The van der Waals surface area contributed by atoms with Crippen molar-refractivity contribution in [3.8, 4) is 0 Å². The fraction of sp³-hybridized carbons (Fsp3) is 0.318. The second-order valence-corrected chi connectivity index (χ2v) is 7.73. The summed E-state index contributed by atoms with van der Waals surface area (Å²) in [5.74, 6) is 0.571. The predicted octanol–water partition coefficient (Wildman–Crippen LogP) is 4.73. The average Bonchev–Trinajstić information content (AvgIpc) is 2.66. The molecule has 2 heterocycles. The standard InChI is InChI=1S/C22H22ClN3O2/c1-14-7-9-16(23)13-18(14)25-21(27)15-8-10-17-19(12-15)24-20-6-4-2-3-5-11-26(20)22(17)28/h7-10,12-13H,2-6,11H2,1H3,(H,25,27). The SMILES string of the molecule is Cc1ccc(Cl)cc1NC(=O)c1ccc2c(=O)n3c(nc2c1)CCCCCC3. The van der Waals surface area contributed by atoms with Crippen molar-refractivity contribution in [2.24, 2.45) is 0 Å². The molecule has 28 heavy (non-hydrogen) atoms. The molecule has 0 spiro atoms. The molecule has 1 amide bonds. The van der Waals surface area contributed by atoms with Crippen LogP contribution >= 0.6 is 11.6 Å². The predicted molar refractivity (Wildman–Crippen MR) is 112 cm³/mol. The molecule has 0 aliphatic carbocycles. The minimum Gasteiger partial charge on any atom is -0.322 e. The molecule has 4 rings (SSSR count). The lowest BCUT2D eigenvalue weighted by molar-refractivity contribution is 0.102. The van der Waals surface area contributed by atoms with Crippen LogP contribution in [0.5, 0.6) is 0 Å². The summed E-state index contributed by atoms with van der Waals surface area (Å²) in [5.41, 5.74) is 2.63. The molecule has 2 aromatic carbocycles. The van der Waals surface area contributed by atoms with E-state index in [4.69, 9.17) is 16.6 Å². The van der Waals surface area contributed by atoms with Gasteiger partial charge in [0.2, 0.25) is 0 Å². The molecule has 1 aliphatic heterocycles. The Hall–Kier alpha value is -2.66. The fourth-order valence-electron chi connectivity index (χ4n) is 3.66. The number of rotatable bonds is 2. The van der Waals surface area contributed by atoms with E-state index >= 15 is 0 Å². The Kier molecular flexibility index (Phi) is 5.18. The van der Waals surface area contributed by atoms with Crippen molar-refractivity contribution < 1.29 is 4.79 Å². The van der Waals surface area contributed by atoms with E-state index in [0.29, 0.717) is 33.7 Å². The number of amides is 1. The molecule has 0 saturated carbocycles. The van der Waals surface area contributed by atoms with Gasteiger partial charge >= 0.3 is 0 Å². The summed E-state index contributed by atoms with van der Waals surface area (Å²) in [6.45, 7) is 2.63. The van der Waals surface area contributed by atoms with E-state index in [9.17, 15) is 9.59 Å². The highest BCUT2D eigenvalue weighted by molar-refractivity contribution is 6.31. The second kappa shape index (κ2) is 7.76. The number of nitrogens with one attached hydrogen (secondary N) is 1. The number of hydrogen-bond donors (Lipinski definition) is 1. The number of hydrogen-bond acceptors (Lipinski definition) is 3. The summed E-state index contributed by atoms with van der Waals surface area (Å²) in [5, 5.41) is 4.01. The highest BCUT2D eigenvalue weighted by Crippen LogP contribution is 2.22. The quantitative estimate of drug-likeness (QED) is 0.682. The third kappa shape index (κ3) is 3.67.